The van der Waals surface area contributed by atoms with E-state index >= 15 is 0 Å². The Morgan fingerprint density at radius 2 is 1.92 bits per heavy atom. The summed E-state index contributed by atoms with van der Waals surface area (Å²) in [6.45, 7) is 3.75. The molecule has 1 saturated carbocycles. The van der Waals surface area contributed by atoms with Crippen LogP contribution in [0.1, 0.15) is 30.9 Å². The first-order chi connectivity index (χ1) is 6.17. The second kappa shape index (κ2) is 2.83. The maximum Gasteiger partial charge on any atom is 0.107 e. The Morgan fingerprint density at radius 1 is 1.31 bits per heavy atom. The molecule has 1 heteroatoms. The van der Waals surface area contributed by atoms with Gasteiger partial charge in [0.2, 0.25) is 0 Å². The molecule has 0 amide bonds. The molecule has 0 radical (unpaired) electrons. The number of aryl methyl sites for hydroxylation is 1. The molecule has 0 aliphatic heterocycles. The van der Waals surface area contributed by atoms with Crippen molar-refractivity contribution in [3.8, 4) is 0 Å². The summed E-state index contributed by atoms with van der Waals surface area (Å²) in [6, 6.07) is 8.15. The topological polar surface area (TPSA) is 0 Å². The van der Waals surface area contributed by atoms with Gasteiger partial charge >= 0.3 is 0 Å². The number of alkyl halides is 1. The number of halogens is 1. The molecule has 1 atom stereocenters. The Labute approximate surface area is 78.8 Å². The molecule has 0 heterocycles. The van der Waals surface area contributed by atoms with Gasteiger partial charge in [-0.05, 0) is 37.8 Å². The molecule has 13 heavy (non-hydrogen) atoms. The zero-order chi connectivity index (χ0) is 9.47. The van der Waals surface area contributed by atoms with E-state index in [9.17, 15) is 4.39 Å². The molecule has 0 aromatic heterocycles. The summed E-state index contributed by atoms with van der Waals surface area (Å²) < 4.78 is 13.4. The Morgan fingerprint density at radius 3 is 2.38 bits per heavy atom. The van der Waals surface area contributed by atoms with Crippen molar-refractivity contribution in [2.45, 2.75) is 38.3 Å². The zero-order valence-corrected chi connectivity index (χ0v) is 8.18. The molecule has 0 N–H and O–H groups in total. The van der Waals surface area contributed by atoms with Crippen molar-refractivity contribution in [3.63, 3.8) is 0 Å². The van der Waals surface area contributed by atoms with E-state index in [0.717, 1.165) is 12.8 Å². The summed E-state index contributed by atoms with van der Waals surface area (Å²) >= 11 is 0. The Kier molecular flexibility index (Phi) is 1.90. The number of hydrogen-bond donors (Lipinski definition) is 0. The lowest BCUT2D eigenvalue weighted by molar-refractivity contribution is 0.289. The van der Waals surface area contributed by atoms with Crippen LogP contribution in [0.15, 0.2) is 24.3 Å². The number of hydrogen-bond acceptors (Lipinski definition) is 0. The third-order valence-corrected chi connectivity index (χ3v) is 3.23. The molecule has 2 rings (SSSR count). The quantitative estimate of drug-likeness (QED) is 0.651. The third-order valence-electron chi connectivity index (χ3n) is 3.23. The highest BCUT2D eigenvalue weighted by molar-refractivity contribution is 5.38. The minimum atomic E-state index is -0.714. The van der Waals surface area contributed by atoms with Gasteiger partial charge in [-0.3, -0.25) is 0 Å². The number of benzene rings is 1. The van der Waals surface area contributed by atoms with Crippen molar-refractivity contribution >= 4 is 0 Å². The highest BCUT2D eigenvalue weighted by atomic mass is 19.1. The van der Waals surface area contributed by atoms with Gasteiger partial charge in [-0.1, -0.05) is 24.3 Å². The summed E-state index contributed by atoms with van der Waals surface area (Å²) in [6.07, 6.45) is 1.30. The molecule has 1 aliphatic rings. The maximum atomic E-state index is 13.4. The lowest BCUT2D eigenvalue weighted by Crippen LogP contribution is -2.19. The van der Waals surface area contributed by atoms with Crippen LogP contribution in [-0.2, 0) is 5.41 Å². The Balaban J connectivity index is 2.41. The van der Waals surface area contributed by atoms with Crippen molar-refractivity contribution in [3.05, 3.63) is 35.4 Å². The van der Waals surface area contributed by atoms with E-state index in [2.05, 4.69) is 19.1 Å². The van der Waals surface area contributed by atoms with E-state index in [4.69, 9.17) is 0 Å². The fourth-order valence-corrected chi connectivity index (χ4v) is 2.15. The molecule has 70 valence electrons. The van der Waals surface area contributed by atoms with E-state index in [1.165, 1.54) is 11.1 Å². The average molecular weight is 178 g/mol. The van der Waals surface area contributed by atoms with Gasteiger partial charge in [0.1, 0.15) is 6.17 Å². The summed E-state index contributed by atoms with van der Waals surface area (Å²) in [5, 5.41) is 0. The van der Waals surface area contributed by atoms with Crippen LogP contribution < -0.4 is 0 Å². The Hall–Kier alpha value is -0.850. The summed E-state index contributed by atoms with van der Waals surface area (Å²) in [5.74, 6) is 0. The second-order valence-corrected chi connectivity index (χ2v) is 4.09. The van der Waals surface area contributed by atoms with Gasteiger partial charge in [0.15, 0.2) is 0 Å². The lowest BCUT2D eigenvalue weighted by Gasteiger charge is -2.19. The standard InChI is InChI=1S/C12H15F/c1-9-5-3-4-6-11(9)12(7-8-12)10(2)13/h3-6,10H,7-8H2,1-2H3. The van der Waals surface area contributed by atoms with Crippen molar-refractivity contribution in [2.24, 2.45) is 0 Å². The molecule has 0 saturated heterocycles. The predicted octanol–water partition coefficient (Wildman–Crippen LogP) is 3.38. The van der Waals surface area contributed by atoms with Gasteiger partial charge in [0, 0.05) is 5.41 Å². The second-order valence-electron chi connectivity index (χ2n) is 4.09. The van der Waals surface area contributed by atoms with Crippen LogP contribution in [0, 0.1) is 6.92 Å². The van der Waals surface area contributed by atoms with Gasteiger partial charge < -0.3 is 0 Å². The minimum Gasteiger partial charge on any atom is -0.247 e. The average Bonchev–Trinajstić information content (AvgIpc) is 2.85. The fraction of sp³-hybridized carbons (Fsp3) is 0.500. The van der Waals surface area contributed by atoms with Gasteiger partial charge in [0.05, 0.1) is 0 Å². The smallest absolute Gasteiger partial charge is 0.107 e. The molecule has 0 nitrogen and oxygen atoms in total. The SMILES string of the molecule is Cc1ccccc1C1(C(C)F)CC1. The van der Waals surface area contributed by atoms with Crippen molar-refractivity contribution in [1.82, 2.24) is 0 Å². The van der Waals surface area contributed by atoms with E-state index < -0.39 is 6.17 Å². The molecule has 0 spiro atoms. The van der Waals surface area contributed by atoms with Crippen molar-refractivity contribution < 1.29 is 4.39 Å². The zero-order valence-electron chi connectivity index (χ0n) is 8.18. The lowest BCUT2D eigenvalue weighted by atomic mass is 9.88. The highest BCUT2D eigenvalue weighted by Gasteiger charge is 2.49. The van der Waals surface area contributed by atoms with Gasteiger partial charge in [-0.2, -0.15) is 0 Å². The van der Waals surface area contributed by atoms with Gasteiger partial charge in [-0.25, -0.2) is 4.39 Å². The third kappa shape index (κ3) is 1.27. The van der Waals surface area contributed by atoms with Crippen molar-refractivity contribution in [1.29, 1.82) is 0 Å². The van der Waals surface area contributed by atoms with E-state index in [0.29, 0.717) is 0 Å². The summed E-state index contributed by atoms with van der Waals surface area (Å²) in [4.78, 5) is 0. The van der Waals surface area contributed by atoms with E-state index in [1.807, 2.05) is 12.1 Å². The Bertz CT molecular complexity index is 311. The molecule has 1 aromatic carbocycles. The van der Waals surface area contributed by atoms with Gasteiger partial charge in [-0.15, -0.1) is 0 Å². The normalized spacial score (nSPS) is 21.2. The van der Waals surface area contributed by atoms with Crippen LogP contribution in [0.25, 0.3) is 0 Å². The first-order valence-corrected chi connectivity index (χ1v) is 4.87. The molecular weight excluding hydrogens is 163 g/mol. The molecular formula is C12H15F. The summed E-state index contributed by atoms with van der Waals surface area (Å²) in [5.41, 5.74) is 2.31. The van der Waals surface area contributed by atoms with Crippen molar-refractivity contribution in [2.75, 3.05) is 0 Å². The van der Waals surface area contributed by atoms with E-state index in [1.54, 1.807) is 6.92 Å². The molecule has 1 aliphatic carbocycles. The number of rotatable bonds is 2. The van der Waals surface area contributed by atoms with Crippen LogP contribution in [0.2, 0.25) is 0 Å². The van der Waals surface area contributed by atoms with Crippen LogP contribution >= 0.6 is 0 Å². The van der Waals surface area contributed by atoms with Crippen LogP contribution in [0.5, 0.6) is 0 Å². The fourth-order valence-electron chi connectivity index (χ4n) is 2.15. The monoisotopic (exact) mass is 178 g/mol. The predicted molar refractivity (Wildman–Crippen MR) is 52.7 cm³/mol. The maximum absolute atomic E-state index is 13.4. The van der Waals surface area contributed by atoms with Crippen LogP contribution in [0.3, 0.4) is 0 Å². The molecule has 1 fully saturated rings. The first kappa shape index (κ1) is 8.74. The molecule has 1 unspecified atom stereocenters. The molecule has 0 bridgehead atoms. The van der Waals surface area contributed by atoms with Crippen LogP contribution in [-0.4, -0.2) is 6.17 Å². The summed E-state index contributed by atoms with van der Waals surface area (Å²) in [7, 11) is 0. The first-order valence-electron chi connectivity index (χ1n) is 4.87. The molecule has 1 aromatic rings. The largest absolute Gasteiger partial charge is 0.247 e. The van der Waals surface area contributed by atoms with Gasteiger partial charge in [0.25, 0.3) is 0 Å². The van der Waals surface area contributed by atoms with Crippen LogP contribution in [0.4, 0.5) is 4.39 Å². The minimum absolute atomic E-state index is 0.134. The van der Waals surface area contributed by atoms with E-state index in [-0.39, 0.29) is 5.41 Å². The highest BCUT2D eigenvalue weighted by Crippen LogP contribution is 2.52.